The lowest BCUT2D eigenvalue weighted by Gasteiger charge is -2.35. The summed E-state index contributed by atoms with van der Waals surface area (Å²) in [6, 6.07) is 12.8. The number of aromatic nitrogens is 1. The number of nitro groups is 1. The average Bonchev–Trinajstić information content (AvgIpc) is 3.13. The van der Waals surface area contributed by atoms with Gasteiger partial charge in [0.15, 0.2) is 0 Å². The lowest BCUT2D eigenvalue weighted by molar-refractivity contribution is -0.384. The molecule has 27 heavy (non-hydrogen) atoms. The first-order valence-corrected chi connectivity index (χ1v) is 8.59. The Hall–Kier alpha value is -3.42. The van der Waals surface area contributed by atoms with E-state index in [-0.39, 0.29) is 17.4 Å². The van der Waals surface area contributed by atoms with Gasteiger partial charge in [-0.05, 0) is 24.3 Å². The summed E-state index contributed by atoms with van der Waals surface area (Å²) in [7, 11) is 0. The fourth-order valence-corrected chi connectivity index (χ4v) is 3.44. The number of para-hydroxylation sites is 2. The molecule has 1 fully saturated rings. The Balaban J connectivity index is 1.50. The smallest absolute Gasteiger partial charge is 0.292 e. The molecule has 4 rings (SSSR count). The lowest BCUT2D eigenvalue weighted by atomic mass is 10.2. The minimum absolute atomic E-state index is 0.0587. The van der Waals surface area contributed by atoms with Crippen molar-refractivity contribution < 1.29 is 14.1 Å². The van der Waals surface area contributed by atoms with Gasteiger partial charge in [-0.2, -0.15) is 0 Å². The molecule has 2 aromatic carbocycles. The summed E-state index contributed by atoms with van der Waals surface area (Å²) in [6.45, 7) is 1.85. The highest BCUT2D eigenvalue weighted by atomic mass is 19.1. The monoisotopic (exact) mass is 368 g/mol. The highest BCUT2D eigenvalue weighted by Crippen LogP contribution is 2.28. The second kappa shape index (κ2) is 6.71. The standard InChI is InChI=1S/C19H17FN4O3/c20-14-4-3-5-15-13(14)12-16(21-15)19(25)23-10-8-22(9-11-23)17-6-1-2-7-18(17)24(26)27/h1-7,12,21H,8-11H2. The molecule has 1 N–H and O–H groups in total. The molecule has 0 saturated carbocycles. The van der Waals surface area contributed by atoms with E-state index in [0.29, 0.717) is 48.5 Å². The molecule has 1 aliphatic rings. The second-order valence-corrected chi connectivity index (χ2v) is 6.41. The number of halogens is 1. The average molecular weight is 368 g/mol. The summed E-state index contributed by atoms with van der Waals surface area (Å²) in [5.74, 6) is -0.572. The first kappa shape index (κ1) is 17.0. The van der Waals surface area contributed by atoms with Crippen LogP contribution in [0.1, 0.15) is 10.5 Å². The second-order valence-electron chi connectivity index (χ2n) is 6.41. The number of rotatable bonds is 3. The van der Waals surface area contributed by atoms with Crippen molar-refractivity contribution in [3.63, 3.8) is 0 Å². The van der Waals surface area contributed by atoms with Crippen LogP contribution in [0.4, 0.5) is 15.8 Å². The normalized spacial score (nSPS) is 14.6. The molecule has 8 heteroatoms. The topological polar surface area (TPSA) is 82.5 Å². The van der Waals surface area contributed by atoms with Gasteiger partial charge in [0, 0.05) is 43.1 Å². The van der Waals surface area contributed by atoms with E-state index in [1.165, 1.54) is 18.2 Å². The van der Waals surface area contributed by atoms with Crippen molar-refractivity contribution in [1.29, 1.82) is 0 Å². The molecule has 0 atom stereocenters. The molecular weight excluding hydrogens is 351 g/mol. The molecule has 0 bridgehead atoms. The van der Waals surface area contributed by atoms with E-state index < -0.39 is 4.92 Å². The summed E-state index contributed by atoms with van der Waals surface area (Å²) in [6.07, 6.45) is 0. The molecule has 3 aromatic rings. The number of H-pyrrole nitrogens is 1. The molecular formula is C19H17FN4O3. The number of amides is 1. The number of hydrogen-bond acceptors (Lipinski definition) is 4. The van der Waals surface area contributed by atoms with Crippen LogP contribution >= 0.6 is 0 Å². The number of nitrogens with zero attached hydrogens (tertiary/aromatic N) is 3. The number of hydrogen-bond donors (Lipinski definition) is 1. The van der Waals surface area contributed by atoms with E-state index in [1.54, 1.807) is 35.2 Å². The quantitative estimate of drug-likeness (QED) is 0.569. The largest absolute Gasteiger partial charge is 0.362 e. The molecule has 0 spiro atoms. The maximum absolute atomic E-state index is 13.8. The minimum Gasteiger partial charge on any atom is -0.362 e. The van der Waals surface area contributed by atoms with E-state index in [0.717, 1.165) is 0 Å². The number of benzene rings is 2. The van der Waals surface area contributed by atoms with Crippen LogP contribution in [0.5, 0.6) is 0 Å². The van der Waals surface area contributed by atoms with Crippen LogP contribution in [0.15, 0.2) is 48.5 Å². The minimum atomic E-state index is -0.397. The van der Waals surface area contributed by atoms with Gasteiger partial charge >= 0.3 is 0 Å². The van der Waals surface area contributed by atoms with Crippen molar-refractivity contribution in [3.8, 4) is 0 Å². The van der Waals surface area contributed by atoms with Crippen molar-refractivity contribution in [2.24, 2.45) is 0 Å². The predicted molar refractivity (Wildman–Crippen MR) is 99.5 cm³/mol. The Labute approximate surface area is 154 Å². The van der Waals surface area contributed by atoms with Gasteiger partial charge in [0.05, 0.1) is 4.92 Å². The van der Waals surface area contributed by atoms with Crippen molar-refractivity contribution >= 4 is 28.2 Å². The number of fused-ring (bicyclic) bond motifs is 1. The highest BCUT2D eigenvalue weighted by Gasteiger charge is 2.26. The van der Waals surface area contributed by atoms with Gasteiger partial charge in [-0.15, -0.1) is 0 Å². The molecule has 138 valence electrons. The van der Waals surface area contributed by atoms with Crippen molar-refractivity contribution in [1.82, 2.24) is 9.88 Å². The van der Waals surface area contributed by atoms with Crippen LogP contribution in [-0.4, -0.2) is 46.9 Å². The molecule has 1 aliphatic heterocycles. The maximum atomic E-state index is 13.8. The highest BCUT2D eigenvalue weighted by molar-refractivity contribution is 5.98. The van der Waals surface area contributed by atoms with Gasteiger partial charge in [0.1, 0.15) is 17.2 Å². The van der Waals surface area contributed by atoms with Gasteiger partial charge in [-0.3, -0.25) is 14.9 Å². The molecule has 1 amide bonds. The van der Waals surface area contributed by atoms with Crippen LogP contribution < -0.4 is 4.90 Å². The van der Waals surface area contributed by atoms with Crippen molar-refractivity contribution in [3.05, 3.63) is 70.2 Å². The van der Waals surface area contributed by atoms with Gasteiger partial charge in [0.25, 0.3) is 11.6 Å². The Morgan fingerprint density at radius 2 is 1.81 bits per heavy atom. The Bertz CT molecular complexity index is 1020. The van der Waals surface area contributed by atoms with E-state index in [1.807, 2.05) is 4.90 Å². The van der Waals surface area contributed by atoms with Gasteiger partial charge in [-0.1, -0.05) is 18.2 Å². The SMILES string of the molecule is O=C(c1cc2c(F)cccc2[nH]1)N1CCN(c2ccccc2[N+](=O)[O-])CC1. The summed E-state index contributed by atoms with van der Waals surface area (Å²) < 4.78 is 13.8. The zero-order valence-electron chi connectivity index (χ0n) is 14.4. The number of carbonyl (C=O) groups is 1. The molecule has 1 aromatic heterocycles. The van der Waals surface area contributed by atoms with Crippen LogP contribution in [0, 0.1) is 15.9 Å². The first-order chi connectivity index (χ1) is 13.0. The molecule has 7 nitrogen and oxygen atoms in total. The summed E-state index contributed by atoms with van der Waals surface area (Å²) >= 11 is 0. The molecule has 0 aliphatic carbocycles. The number of aromatic amines is 1. The predicted octanol–water partition coefficient (Wildman–Crippen LogP) is 3.18. The van der Waals surface area contributed by atoms with Gasteiger partial charge < -0.3 is 14.8 Å². The third kappa shape index (κ3) is 3.10. The van der Waals surface area contributed by atoms with Crippen LogP contribution in [-0.2, 0) is 0 Å². The summed E-state index contributed by atoms with van der Waals surface area (Å²) in [5, 5.41) is 11.6. The molecule has 0 unspecified atom stereocenters. The first-order valence-electron chi connectivity index (χ1n) is 8.59. The van der Waals surface area contributed by atoms with E-state index in [2.05, 4.69) is 4.98 Å². The van der Waals surface area contributed by atoms with Gasteiger partial charge in [-0.25, -0.2) is 4.39 Å². The maximum Gasteiger partial charge on any atom is 0.292 e. The number of nitro benzene ring substituents is 1. The summed E-state index contributed by atoms with van der Waals surface area (Å²) in [4.78, 5) is 30.1. The molecule has 1 saturated heterocycles. The zero-order valence-corrected chi connectivity index (χ0v) is 14.4. The lowest BCUT2D eigenvalue weighted by Crippen LogP contribution is -2.49. The van der Waals surface area contributed by atoms with Crippen molar-refractivity contribution in [2.45, 2.75) is 0 Å². The Kier molecular flexibility index (Phi) is 4.23. The number of carbonyl (C=O) groups excluding carboxylic acids is 1. The number of nitrogens with one attached hydrogen (secondary N) is 1. The molecule has 0 radical (unpaired) electrons. The third-order valence-corrected chi connectivity index (χ3v) is 4.83. The fraction of sp³-hybridized carbons (Fsp3) is 0.211. The van der Waals surface area contributed by atoms with Crippen LogP contribution in [0.3, 0.4) is 0 Å². The zero-order chi connectivity index (χ0) is 19.0. The third-order valence-electron chi connectivity index (χ3n) is 4.83. The van der Waals surface area contributed by atoms with E-state index >= 15 is 0 Å². The van der Waals surface area contributed by atoms with E-state index in [9.17, 15) is 19.3 Å². The van der Waals surface area contributed by atoms with Crippen molar-refractivity contribution in [2.75, 3.05) is 31.1 Å². The van der Waals surface area contributed by atoms with Crippen LogP contribution in [0.2, 0.25) is 0 Å². The van der Waals surface area contributed by atoms with E-state index in [4.69, 9.17) is 0 Å². The van der Waals surface area contributed by atoms with Gasteiger partial charge in [0.2, 0.25) is 0 Å². The number of piperazine rings is 1. The summed E-state index contributed by atoms with van der Waals surface area (Å²) in [5.41, 5.74) is 1.54. The Morgan fingerprint density at radius 1 is 1.07 bits per heavy atom. The number of anilines is 1. The fourth-order valence-electron chi connectivity index (χ4n) is 3.44. The Morgan fingerprint density at radius 3 is 2.52 bits per heavy atom. The van der Waals surface area contributed by atoms with Crippen LogP contribution in [0.25, 0.3) is 10.9 Å². The molecule has 2 heterocycles.